The van der Waals surface area contributed by atoms with Crippen molar-refractivity contribution in [2.24, 2.45) is 0 Å². The van der Waals surface area contributed by atoms with Crippen LogP contribution in [-0.4, -0.2) is 21.0 Å². The molecule has 18 heavy (non-hydrogen) atoms. The van der Waals surface area contributed by atoms with Gasteiger partial charge in [-0.2, -0.15) is 0 Å². The summed E-state index contributed by atoms with van der Waals surface area (Å²) >= 11 is 0. The van der Waals surface area contributed by atoms with Gasteiger partial charge in [-0.3, -0.25) is 4.98 Å². The zero-order valence-electron chi connectivity index (χ0n) is 10.2. The first-order valence-electron chi connectivity index (χ1n) is 6.32. The normalized spacial score (nSPS) is 14.7. The van der Waals surface area contributed by atoms with Crippen LogP contribution in [0.2, 0.25) is 0 Å². The molecule has 92 valence electrons. The summed E-state index contributed by atoms with van der Waals surface area (Å²) in [5.41, 5.74) is 2.34. The van der Waals surface area contributed by atoms with Gasteiger partial charge in [0.05, 0.1) is 0 Å². The van der Waals surface area contributed by atoms with Crippen molar-refractivity contribution in [2.75, 3.05) is 0 Å². The van der Waals surface area contributed by atoms with Crippen LogP contribution in [0.1, 0.15) is 29.8 Å². The zero-order valence-corrected chi connectivity index (χ0v) is 10.2. The molecule has 1 aliphatic rings. The van der Waals surface area contributed by atoms with Gasteiger partial charge >= 0.3 is 0 Å². The number of nitrogens with zero attached hydrogens (tertiary/aromatic N) is 3. The lowest BCUT2D eigenvalue weighted by atomic mass is 10.2. The lowest BCUT2D eigenvalue weighted by Gasteiger charge is -2.04. The first-order chi connectivity index (χ1) is 8.90. The minimum atomic E-state index is 0.724. The van der Waals surface area contributed by atoms with Gasteiger partial charge in [-0.05, 0) is 30.5 Å². The molecule has 0 atom stereocenters. The molecule has 4 nitrogen and oxygen atoms in total. The highest BCUT2D eigenvalue weighted by Crippen LogP contribution is 2.19. The predicted molar refractivity (Wildman–Crippen MR) is 68.9 cm³/mol. The Balaban J connectivity index is 1.59. The molecule has 0 bridgehead atoms. The largest absolute Gasteiger partial charge is 0.310 e. The highest BCUT2D eigenvalue weighted by Gasteiger charge is 2.19. The van der Waals surface area contributed by atoms with E-state index in [0.29, 0.717) is 0 Å². The molecule has 2 aromatic heterocycles. The molecule has 3 rings (SSSR count). The fraction of sp³-hybridized carbons (Fsp3) is 0.357. The van der Waals surface area contributed by atoms with Crippen LogP contribution in [0.5, 0.6) is 0 Å². The smallest absolute Gasteiger partial charge is 0.132 e. The Morgan fingerprint density at radius 1 is 1.06 bits per heavy atom. The maximum absolute atomic E-state index is 4.40. The number of rotatable bonds is 5. The van der Waals surface area contributed by atoms with Crippen molar-refractivity contribution >= 4 is 0 Å². The van der Waals surface area contributed by atoms with Gasteiger partial charge in [0.15, 0.2) is 0 Å². The van der Waals surface area contributed by atoms with Crippen LogP contribution in [0.15, 0.2) is 36.9 Å². The molecule has 0 aliphatic heterocycles. The van der Waals surface area contributed by atoms with Crippen molar-refractivity contribution < 1.29 is 0 Å². The standard InChI is InChI=1S/C14H16N4/c1-2-13(1)16-8-12-9-17-14(18-10-12)7-11-3-5-15-6-4-11/h3-6,9-10,13,16H,1-2,7-8H2. The maximum Gasteiger partial charge on any atom is 0.132 e. The molecule has 0 spiro atoms. The van der Waals surface area contributed by atoms with Crippen LogP contribution < -0.4 is 5.32 Å². The van der Waals surface area contributed by atoms with E-state index in [9.17, 15) is 0 Å². The highest BCUT2D eigenvalue weighted by molar-refractivity contribution is 5.16. The summed E-state index contributed by atoms with van der Waals surface area (Å²) in [6.45, 7) is 0.875. The van der Waals surface area contributed by atoms with Crippen LogP contribution in [0.4, 0.5) is 0 Å². The van der Waals surface area contributed by atoms with E-state index in [-0.39, 0.29) is 0 Å². The van der Waals surface area contributed by atoms with Crippen LogP contribution in [0.25, 0.3) is 0 Å². The fourth-order valence-corrected chi connectivity index (χ4v) is 1.80. The van der Waals surface area contributed by atoms with Gasteiger partial charge in [0.2, 0.25) is 0 Å². The van der Waals surface area contributed by atoms with Gasteiger partial charge in [-0.25, -0.2) is 9.97 Å². The zero-order chi connectivity index (χ0) is 12.2. The van der Waals surface area contributed by atoms with E-state index >= 15 is 0 Å². The van der Waals surface area contributed by atoms with E-state index in [2.05, 4.69) is 20.3 Å². The predicted octanol–water partition coefficient (Wildman–Crippen LogP) is 1.71. The summed E-state index contributed by atoms with van der Waals surface area (Å²) in [6, 6.07) is 4.71. The Hall–Kier alpha value is -1.81. The lowest BCUT2D eigenvalue weighted by Crippen LogP contribution is -2.15. The van der Waals surface area contributed by atoms with Crippen LogP contribution in [0.3, 0.4) is 0 Å². The van der Waals surface area contributed by atoms with E-state index in [1.54, 1.807) is 12.4 Å². The maximum atomic E-state index is 4.40. The van der Waals surface area contributed by atoms with Crippen LogP contribution in [0, 0.1) is 0 Å². The monoisotopic (exact) mass is 240 g/mol. The number of nitrogens with one attached hydrogen (secondary N) is 1. The Labute approximate surface area is 107 Å². The Morgan fingerprint density at radius 3 is 2.44 bits per heavy atom. The van der Waals surface area contributed by atoms with E-state index < -0.39 is 0 Å². The molecule has 0 saturated heterocycles. The number of hydrogen-bond donors (Lipinski definition) is 1. The quantitative estimate of drug-likeness (QED) is 0.864. The average molecular weight is 240 g/mol. The van der Waals surface area contributed by atoms with Gasteiger partial charge in [-0.15, -0.1) is 0 Å². The molecule has 0 amide bonds. The van der Waals surface area contributed by atoms with Crippen molar-refractivity contribution in [2.45, 2.75) is 31.8 Å². The van der Waals surface area contributed by atoms with Gasteiger partial charge in [-0.1, -0.05) is 0 Å². The molecule has 0 aromatic carbocycles. The summed E-state index contributed by atoms with van der Waals surface area (Å²) in [7, 11) is 0. The summed E-state index contributed by atoms with van der Waals surface area (Å²) in [5, 5.41) is 3.45. The van der Waals surface area contributed by atoms with Crippen molar-refractivity contribution in [1.82, 2.24) is 20.3 Å². The second-order valence-electron chi connectivity index (χ2n) is 4.69. The lowest BCUT2D eigenvalue weighted by molar-refractivity contribution is 0.681. The third kappa shape index (κ3) is 3.11. The Bertz CT molecular complexity index is 491. The van der Waals surface area contributed by atoms with Gasteiger partial charge in [0.1, 0.15) is 5.82 Å². The van der Waals surface area contributed by atoms with E-state index in [1.807, 2.05) is 24.5 Å². The summed E-state index contributed by atoms with van der Waals surface area (Å²) in [4.78, 5) is 12.8. The third-order valence-corrected chi connectivity index (χ3v) is 3.04. The molecular formula is C14H16N4. The number of pyridine rings is 1. The summed E-state index contributed by atoms with van der Waals surface area (Å²) in [5.74, 6) is 0.858. The molecule has 0 radical (unpaired) electrons. The summed E-state index contributed by atoms with van der Waals surface area (Å²) < 4.78 is 0. The molecule has 4 heteroatoms. The highest BCUT2D eigenvalue weighted by atomic mass is 15.0. The molecule has 1 aliphatic carbocycles. The second kappa shape index (κ2) is 5.23. The van der Waals surface area contributed by atoms with Gasteiger partial charge < -0.3 is 5.32 Å². The minimum absolute atomic E-state index is 0.724. The van der Waals surface area contributed by atoms with E-state index in [1.165, 1.54) is 18.4 Å². The van der Waals surface area contributed by atoms with Crippen LogP contribution in [-0.2, 0) is 13.0 Å². The molecule has 0 unspecified atom stereocenters. The van der Waals surface area contributed by atoms with Crippen molar-refractivity contribution in [3.05, 3.63) is 53.9 Å². The van der Waals surface area contributed by atoms with E-state index in [0.717, 1.165) is 30.4 Å². The minimum Gasteiger partial charge on any atom is -0.310 e. The average Bonchev–Trinajstić information content (AvgIpc) is 3.23. The Kier molecular flexibility index (Phi) is 3.28. The number of hydrogen-bond acceptors (Lipinski definition) is 4. The molecule has 1 fully saturated rings. The molecule has 1 N–H and O–H groups in total. The Morgan fingerprint density at radius 2 is 1.78 bits per heavy atom. The van der Waals surface area contributed by atoms with Crippen LogP contribution >= 0.6 is 0 Å². The third-order valence-electron chi connectivity index (χ3n) is 3.04. The number of aromatic nitrogens is 3. The first-order valence-corrected chi connectivity index (χ1v) is 6.32. The van der Waals surface area contributed by atoms with Crippen molar-refractivity contribution in [3.63, 3.8) is 0 Å². The first kappa shape index (κ1) is 11.3. The van der Waals surface area contributed by atoms with Gasteiger partial charge in [0.25, 0.3) is 0 Å². The molecule has 2 aromatic rings. The second-order valence-corrected chi connectivity index (χ2v) is 4.69. The van der Waals surface area contributed by atoms with Crippen molar-refractivity contribution in [3.8, 4) is 0 Å². The molecule has 1 saturated carbocycles. The van der Waals surface area contributed by atoms with Crippen molar-refractivity contribution in [1.29, 1.82) is 0 Å². The SMILES string of the molecule is c1cc(Cc2ncc(CNC3CC3)cn2)ccn1. The molecular weight excluding hydrogens is 224 g/mol. The fourth-order valence-electron chi connectivity index (χ4n) is 1.80. The van der Waals surface area contributed by atoms with Gasteiger partial charge in [0, 0.05) is 49.4 Å². The van der Waals surface area contributed by atoms with E-state index in [4.69, 9.17) is 0 Å². The molecule has 2 heterocycles. The topological polar surface area (TPSA) is 50.7 Å². The summed E-state index contributed by atoms with van der Waals surface area (Å²) in [6.07, 6.45) is 10.8.